The summed E-state index contributed by atoms with van der Waals surface area (Å²) in [4.78, 5) is 13.5. The van der Waals surface area contributed by atoms with Gasteiger partial charge in [-0.25, -0.2) is 0 Å². The molecule has 0 aliphatic heterocycles. The molecule has 2 heteroatoms. The Kier molecular flexibility index (Phi) is 5.99. The highest BCUT2D eigenvalue weighted by molar-refractivity contribution is 5.83. The molecule has 0 spiro atoms. The van der Waals surface area contributed by atoms with E-state index in [1.165, 1.54) is 44.9 Å². The number of Topliss-reactive ketones (excluding diaryl/α,β-unsaturated/α-hetero) is 1. The number of aliphatic hydroxyl groups is 1. The van der Waals surface area contributed by atoms with Gasteiger partial charge in [-0.15, -0.1) is 0 Å². The molecule has 1 N–H and O–H groups in total. The molecular formula is C27H46O2. The van der Waals surface area contributed by atoms with Gasteiger partial charge in [-0.3, -0.25) is 4.79 Å². The molecule has 166 valence electrons. The Labute approximate surface area is 179 Å². The molecule has 0 aromatic heterocycles. The zero-order chi connectivity index (χ0) is 21.0. The standard InChI is InChI=1S/C27H46O2/c1-17(2)7-6-8-18(3)21-9-10-22-25-23(12-14-27(21,22)5)26(4)13-11-20(28)15-19(26)16-24(25)29/h17-23,25,28H,6-16H2,1-5H3/t18-,19-,20-,21+,22-,23+,25+,26+,27+/m1/s1. The minimum atomic E-state index is -0.172. The molecule has 2 nitrogen and oxygen atoms in total. The molecule has 29 heavy (non-hydrogen) atoms. The van der Waals surface area contributed by atoms with Gasteiger partial charge < -0.3 is 5.11 Å². The first-order valence-corrected chi connectivity index (χ1v) is 12.9. The number of carbonyl (C=O) groups excluding carboxylic acids is 1. The maximum atomic E-state index is 13.5. The van der Waals surface area contributed by atoms with Gasteiger partial charge in [-0.05, 0) is 91.3 Å². The minimum absolute atomic E-state index is 0.172. The third kappa shape index (κ3) is 3.64. The molecule has 4 aliphatic carbocycles. The van der Waals surface area contributed by atoms with Gasteiger partial charge in [0.15, 0.2) is 0 Å². The van der Waals surface area contributed by atoms with E-state index in [9.17, 15) is 9.90 Å². The van der Waals surface area contributed by atoms with Gasteiger partial charge in [0.1, 0.15) is 5.78 Å². The molecule has 0 aromatic carbocycles. The Bertz CT molecular complexity index is 612. The Morgan fingerprint density at radius 2 is 1.66 bits per heavy atom. The fraction of sp³-hybridized carbons (Fsp3) is 0.963. The largest absolute Gasteiger partial charge is 0.393 e. The zero-order valence-corrected chi connectivity index (χ0v) is 19.8. The van der Waals surface area contributed by atoms with E-state index in [0.29, 0.717) is 40.3 Å². The quantitative estimate of drug-likeness (QED) is 0.559. The van der Waals surface area contributed by atoms with Crippen LogP contribution in [-0.4, -0.2) is 17.0 Å². The van der Waals surface area contributed by atoms with Gasteiger partial charge in [0.25, 0.3) is 0 Å². The average Bonchev–Trinajstić information content (AvgIpc) is 3.00. The summed E-state index contributed by atoms with van der Waals surface area (Å²) in [5.74, 6) is 4.93. The summed E-state index contributed by atoms with van der Waals surface area (Å²) in [5.41, 5.74) is 0.672. The number of ketones is 1. The van der Waals surface area contributed by atoms with Crippen molar-refractivity contribution in [3.8, 4) is 0 Å². The smallest absolute Gasteiger partial charge is 0.136 e. The van der Waals surface area contributed by atoms with Crippen molar-refractivity contribution in [2.45, 2.75) is 111 Å². The molecule has 4 rings (SSSR count). The van der Waals surface area contributed by atoms with Crippen LogP contribution in [0.1, 0.15) is 105 Å². The van der Waals surface area contributed by atoms with Gasteiger partial charge >= 0.3 is 0 Å². The highest BCUT2D eigenvalue weighted by Crippen LogP contribution is 2.67. The molecule has 0 bridgehead atoms. The Morgan fingerprint density at radius 1 is 0.966 bits per heavy atom. The molecular weight excluding hydrogens is 356 g/mol. The summed E-state index contributed by atoms with van der Waals surface area (Å²) in [6.45, 7) is 12.2. The van der Waals surface area contributed by atoms with Crippen LogP contribution in [0.5, 0.6) is 0 Å². The molecule has 0 aromatic rings. The zero-order valence-electron chi connectivity index (χ0n) is 19.8. The van der Waals surface area contributed by atoms with Gasteiger partial charge in [0.05, 0.1) is 6.10 Å². The lowest BCUT2D eigenvalue weighted by molar-refractivity contribution is -0.160. The van der Waals surface area contributed by atoms with Gasteiger partial charge in [0, 0.05) is 12.3 Å². The fourth-order valence-electron chi connectivity index (χ4n) is 8.93. The molecule has 0 saturated heterocycles. The van der Waals surface area contributed by atoms with Crippen molar-refractivity contribution < 1.29 is 9.90 Å². The molecule has 0 unspecified atom stereocenters. The lowest BCUT2D eigenvalue weighted by atomic mass is 9.44. The lowest BCUT2D eigenvalue weighted by Gasteiger charge is -2.60. The summed E-state index contributed by atoms with van der Waals surface area (Å²) in [7, 11) is 0. The lowest BCUT2D eigenvalue weighted by Crippen LogP contribution is -2.57. The van der Waals surface area contributed by atoms with E-state index in [0.717, 1.165) is 43.4 Å². The van der Waals surface area contributed by atoms with E-state index in [1.807, 2.05) is 0 Å². The summed E-state index contributed by atoms with van der Waals surface area (Å²) < 4.78 is 0. The van der Waals surface area contributed by atoms with Gasteiger partial charge in [0.2, 0.25) is 0 Å². The monoisotopic (exact) mass is 402 g/mol. The van der Waals surface area contributed by atoms with Crippen LogP contribution in [0.15, 0.2) is 0 Å². The van der Waals surface area contributed by atoms with Crippen molar-refractivity contribution >= 4 is 5.78 Å². The first kappa shape index (κ1) is 21.8. The van der Waals surface area contributed by atoms with Crippen LogP contribution in [0.2, 0.25) is 0 Å². The molecule has 0 radical (unpaired) electrons. The van der Waals surface area contributed by atoms with Crippen LogP contribution < -0.4 is 0 Å². The van der Waals surface area contributed by atoms with E-state index in [2.05, 4.69) is 34.6 Å². The average molecular weight is 403 g/mol. The Morgan fingerprint density at radius 3 is 2.38 bits per heavy atom. The van der Waals surface area contributed by atoms with Crippen molar-refractivity contribution in [3.63, 3.8) is 0 Å². The van der Waals surface area contributed by atoms with Crippen LogP contribution in [0, 0.1) is 52.3 Å². The van der Waals surface area contributed by atoms with Crippen molar-refractivity contribution in [2.75, 3.05) is 0 Å². The third-order valence-electron chi connectivity index (χ3n) is 10.6. The summed E-state index contributed by atoms with van der Waals surface area (Å²) in [5, 5.41) is 10.2. The molecule has 4 fully saturated rings. The SMILES string of the molecule is CC(C)CCC[C@@H](C)[C@@H]1CC[C@@H]2[C@@H]3C(=O)C[C@H]4C[C@H](O)CC[C@]4(C)[C@H]3CC[C@]21C. The van der Waals surface area contributed by atoms with Crippen molar-refractivity contribution in [1.82, 2.24) is 0 Å². The maximum absolute atomic E-state index is 13.5. The second kappa shape index (κ2) is 7.95. The first-order valence-electron chi connectivity index (χ1n) is 12.9. The molecule has 0 heterocycles. The van der Waals surface area contributed by atoms with Crippen molar-refractivity contribution in [1.29, 1.82) is 0 Å². The first-order chi connectivity index (χ1) is 13.7. The number of hydrogen-bond acceptors (Lipinski definition) is 2. The van der Waals surface area contributed by atoms with E-state index in [1.54, 1.807) is 0 Å². The van der Waals surface area contributed by atoms with Gasteiger partial charge in [-0.2, -0.15) is 0 Å². The van der Waals surface area contributed by atoms with E-state index in [-0.39, 0.29) is 6.10 Å². The predicted octanol–water partition coefficient (Wildman–Crippen LogP) is 6.65. The summed E-state index contributed by atoms with van der Waals surface area (Å²) in [6.07, 6.45) is 12.8. The number of fused-ring (bicyclic) bond motifs is 5. The minimum Gasteiger partial charge on any atom is -0.393 e. The number of aliphatic hydroxyl groups excluding tert-OH is 1. The predicted molar refractivity (Wildman–Crippen MR) is 119 cm³/mol. The second-order valence-corrected chi connectivity index (χ2v) is 12.6. The maximum Gasteiger partial charge on any atom is 0.136 e. The molecule has 9 atom stereocenters. The number of hydrogen-bond donors (Lipinski definition) is 1. The van der Waals surface area contributed by atoms with Crippen molar-refractivity contribution in [3.05, 3.63) is 0 Å². The highest BCUT2D eigenvalue weighted by Gasteiger charge is 2.62. The van der Waals surface area contributed by atoms with Crippen LogP contribution >= 0.6 is 0 Å². The molecule has 0 amide bonds. The topological polar surface area (TPSA) is 37.3 Å². The van der Waals surface area contributed by atoms with Crippen LogP contribution in [0.4, 0.5) is 0 Å². The second-order valence-electron chi connectivity index (χ2n) is 12.6. The van der Waals surface area contributed by atoms with E-state index in [4.69, 9.17) is 0 Å². The van der Waals surface area contributed by atoms with Gasteiger partial charge in [-0.1, -0.05) is 53.9 Å². The number of rotatable bonds is 5. The molecule has 4 saturated carbocycles. The van der Waals surface area contributed by atoms with E-state index >= 15 is 0 Å². The van der Waals surface area contributed by atoms with Crippen LogP contribution in [0.3, 0.4) is 0 Å². The van der Waals surface area contributed by atoms with Crippen LogP contribution in [-0.2, 0) is 4.79 Å². The summed E-state index contributed by atoms with van der Waals surface area (Å²) >= 11 is 0. The number of carbonyl (C=O) groups is 1. The Hall–Kier alpha value is -0.370. The molecule has 4 aliphatic rings. The normalized spacial score (nSPS) is 48.2. The third-order valence-corrected chi connectivity index (χ3v) is 10.6. The highest BCUT2D eigenvalue weighted by atomic mass is 16.3. The van der Waals surface area contributed by atoms with E-state index < -0.39 is 0 Å². The summed E-state index contributed by atoms with van der Waals surface area (Å²) in [6, 6.07) is 0. The fourth-order valence-corrected chi connectivity index (χ4v) is 8.93. The van der Waals surface area contributed by atoms with Crippen LogP contribution in [0.25, 0.3) is 0 Å². The van der Waals surface area contributed by atoms with Crippen molar-refractivity contribution in [2.24, 2.45) is 52.3 Å². The Balaban J connectivity index is 1.51.